The first kappa shape index (κ1) is 17.7. The molecule has 5 nitrogen and oxygen atoms in total. The number of carbonyl (C=O) groups excluding carboxylic acids is 1. The number of rotatable bonds is 7. The monoisotopic (exact) mass is 329 g/mol. The van der Waals surface area contributed by atoms with Gasteiger partial charge in [0.1, 0.15) is 5.75 Å². The first-order chi connectivity index (χ1) is 11.5. The molecule has 0 aliphatic heterocycles. The number of nitrogens with one attached hydrogen (secondary N) is 1. The van der Waals surface area contributed by atoms with Crippen molar-refractivity contribution in [2.75, 3.05) is 19.5 Å². The van der Waals surface area contributed by atoms with Crippen LogP contribution in [-0.4, -0.2) is 26.2 Å². The van der Waals surface area contributed by atoms with Gasteiger partial charge in [-0.3, -0.25) is 4.79 Å². The summed E-state index contributed by atoms with van der Waals surface area (Å²) in [5, 5.41) is 2.87. The molecular formula is C19H23NO4. The topological polar surface area (TPSA) is 56.8 Å². The zero-order valence-corrected chi connectivity index (χ0v) is 14.5. The van der Waals surface area contributed by atoms with Gasteiger partial charge in [0.25, 0.3) is 0 Å². The van der Waals surface area contributed by atoms with Crippen molar-refractivity contribution < 1.29 is 19.0 Å². The first-order valence-corrected chi connectivity index (χ1v) is 7.79. The molecule has 2 aromatic rings. The third-order valence-corrected chi connectivity index (χ3v) is 3.32. The van der Waals surface area contributed by atoms with Crippen LogP contribution in [0.4, 0.5) is 5.69 Å². The van der Waals surface area contributed by atoms with Crippen molar-refractivity contribution in [1.29, 1.82) is 0 Å². The molecule has 0 aliphatic carbocycles. The SMILES string of the molecule is COc1ccc(CC(=O)Nc2ccc(OC(C)C)cc2)cc1OC. The number of hydrogen-bond acceptors (Lipinski definition) is 4. The molecule has 0 radical (unpaired) electrons. The van der Waals surface area contributed by atoms with Crippen molar-refractivity contribution >= 4 is 11.6 Å². The molecule has 1 amide bonds. The second-order valence-electron chi connectivity index (χ2n) is 5.61. The molecule has 5 heteroatoms. The van der Waals surface area contributed by atoms with Gasteiger partial charge in [-0.2, -0.15) is 0 Å². The highest BCUT2D eigenvalue weighted by Crippen LogP contribution is 2.27. The van der Waals surface area contributed by atoms with Gasteiger partial charge in [0.15, 0.2) is 11.5 Å². The Hall–Kier alpha value is -2.69. The minimum absolute atomic E-state index is 0.0975. The summed E-state index contributed by atoms with van der Waals surface area (Å²) in [6.45, 7) is 3.94. The maximum atomic E-state index is 12.2. The third kappa shape index (κ3) is 4.91. The van der Waals surface area contributed by atoms with Gasteiger partial charge in [0.2, 0.25) is 5.91 Å². The van der Waals surface area contributed by atoms with Crippen LogP contribution in [-0.2, 0) is 11.2 Å². The van der Waals surface area contributed by atoms with Crippen LogP contribution in [0.2, 0.25) is 0 Å². The van der Waals surface area contributed by atoms with E-state index in [4.69, 9.17) is 14.2 Å². The van der Waals surface area contributed by atoms with Gasteiger partial charge in [-0.25, -0.2) is 0 Å². The van der Waals surface area contributed by atoms with E-state index in [9.17, 15) is 4.79 Å². The van der Waals surface area contributed by atoms with Crippen molar-refractivity contribution in [2.45, 2.75) is 26.4 Å². The molecule has 0 aliphatic rings. The van der Waals surface area contributed by atoms with Crippen LogP contribution in [0, 0.1) is 0 Å². The predicted octanol–water partition coefficient (Wildman–Crippen LogP) is 3.67. The summed E-state index contributed by atoms with van der Waals surface area (Å²) in [5.41, 5.74) is 1.58. The predicted molar refractivity (Wildman–Crippen MR) is 94.1 cm³/mol. The molecule has 128 valence electrons. The van der Waals surface area contributed by atoms with Crippen molar-refractivity contribution in [2.24, 2.45) is 0 Å². The molecule has 24 heavy (non-hydrogen) atoms. The molecular weight excluding hydrogens is 306 g/mol. The molecule has 0 atom stereocenters. The molecule has 2 rings (SSSR count). The Balaban J connectivity index is 1.98. The molecule has 0 aromatic heterocycles. The summed E-state index contributed by atoms with van der Waals surface area (Å²) in [5.74, 6) is 1.93. The van der Waals surface area contributed by atoms with Crippen molar-refractivity contribution in [3.8, 4) is 17.2 Å². The van der Waals surface area contributed by atoms with Crippen LogP contribution in [0.3, 0.4) is 0 Å². The maximum absolute atomic E-state index is 12.2. The fraction of sp³-hybridized carbons (Fsp3) is 0.316. The van der Waals surface area contributed by atoms with Crippen molar-refractivity contribution in [1.82, 2.24) is 0 Å². The molecule has 1 N–H and O–H groups in total. The highest BCUT2D eigenvalue weighted by atomic mass is 16.5. The van der Waals surface area contributed by atoms with Gasteiger partial charge in [0, 0.05) is 5.69 Å². The Morgan fingerprint density at radius 3 is 2.25 bits per heavy atom. The van der Waals surface area contributed by atoms with Crippen LogP contribution < -0.4 is 19.5 Å². The van der Waals surface area contributed by atoms with Gasteiger partial charge in [-0.15, -0.1) is 0 Å². The number of hydrogen-bond donors (Lipinski definition) is 1. The molecule has 2 aromatic carbocycles. The van der Waals surface area contributed by atoms with E-state index >= 15 is 0 Å². The van der Waals surface area contributed by atoms with Crippen molar-refractivity contribution in [3.05, 3.63) is 48.0 Å². The van der Waals surface area contributed by atoms with Gasteiger partial charge in [-0.05, 0) is 55.8 Å². The summed E-state index contributed by atoms with van der Waals surface area (Å²) in [6, 6.07) is 12.8. The fourth-order valence-corrected chi connectivity index (χ4v) is 2.27. The number of anilines is 1. The third-order valence-electron chi connectivity index (χ3n) is 3.32. The van der Waals surface area contributed by atoms with Crippen LogP contribution >= 0.6 is 0 Å². The van der Waals surface area contributed by atoms with E-state index < -0.39 is 0 Å². The van der Waals surface area contributed by atoms with Gasteiger partial charge in [-0.1, -0.05) is 6.07 Å². The number of methoxy groups -OCH3 is 2. The van der Waals surface area contributed by atoms with Crippen LogP contribution in [0.15, 0.2) is 42.5 Å². The van der Waals surface area contributed by atoms with Crippen LogP contribution in [0.1, 0.15) is 19.4 Å². The zero-order valence-electron chi connectivity index (χ0n) is 14.5. The minimum atomic E-state index is -0.0975. The molecule has 0 saturated heterocycles. The van der Waals surface area contributed by atoms with Crippen molar-refractivity contribution in [3.63, 3.8) is 0 Å². The van der Waals surface area contributed by atoms with E-state index in [2.05, 4.69) is 5.32 Å². The second kappa shape index (κ2) is 8.24. The highest BCUT2D eigenvalue weighted by molar-refractivity contribution is 5.92. The van der Waals surface area contributed by atoms with Gasteiger partial charge in [0.05, 0.1) is 26.7 Å². The molecule has 0 spiro atoms. The molecule has 0 unspecified atom stereocenters. The van der Waals surface area contributed by atoms with Gasteiger partial charge < -0.3 is 19.5 Å². The number of amides is 1. The minimum Gasteiger partial charge on any atom is -0.493 e. The lowest BCUT2D eigenvalue weighted by atomic mass is 10.1. The summed E-state index contributed by atoms with van der Waals surface area (Å²) in [6.07, 6.45) is 0.375. The lowest BCUT2D eigenvalue weighted by Crippen LogP contribution is -2.14. The number of benzene rings is 2. The summed E-state index contributed by atoms with van der Waals surface area (Å²) in [7, 11) is 3.15. The average molecular weight is 329 g/mol. The standard InChI is InChI=1S/C19H23NO4/c1-13(2)24-16-8-6-15(7-9-16)20-19(21)12-14-5-10-17(22-3)18(11-14)23-4/h5-11,13H,12H2,1-4H3,(H,20,21). The van der Waals surface area contributed by atoms with E-state index in [1.807, 2.05) is 44.2 Å². The lowest BCUT2D eigenvalue weighted by Gasteiger charge is -2.11. The first-order valence-electron chi connectivity index (χ1n) is 7.79. The Morgan fingerprint density at radius 1 is 1.00 bits per heavy atom. The largest absolute Gasteiger partial charge is 0.493 e. The Morgan fingerprint density at radius 2 is 1.67 bits per heavy atom. The Bertz CT molecular complexity index is 680. The van der Waals surface area contributed by atoms with E-state index in [1.54, 1.807) is 26.4 Å². The van der Waals surface area contributed by atoms with Crippen LogP contribution in [0.5, 0.6) is 17.2 Å². The average Bonchev–Trinajstić information content (AvgIpc) is 2.56. The molecule has 0 saturated carbocycles. The maximum Gasteiger partial charge on any atom is 0.228 e. The Labute approximate surface area is 142 Å². The lowest BCUT2D eigenvalue weighted by molar-refractivity contribution is -0.115. The van der Waals surface area contributed by atoms with E-state index in [0.717, 1.165) is 17.0 Å². The molecule has 0 heterocycles. The second-order valence-corrected chi connectivity index (χ2v) is 5.61. The Kier molecular flexibility index (Phi) is 6.07. The fourth-order valence-electron chi connectivity index (χ4n) is 2.27. The van der Waals surface area contributed by atoms with E-state index in [0.29, 0.717) is 11.5 Å². The van der Waals surface area contributed by atoms with Gasteiger partial charge >= 0.3 is 0 Å². The normalized spacial score (nSPS) is 10.4. The quantitative estimate of drug-likeness (QED) is 0.842. The summed E-state index contributed by atoms with van der Waals surface area (Å²) in [4.78, 5) is 12.2. The zero-order chi connectivity index (χ0) is 17.5. The van der Waals surface area contributed by atoms with E-state index in [-0.39, 0.29) is 18.4 Å². The number of carbonyl (C=O) groups is 1. The van der Waals surface area contributed by atoms with E-state index in [1.165, 1.54) is 0 Å². The van der Waals surface area contributed by atoms with Crippen LogP contribution in [0.25, 0.3) is 0 Å². The highest BCUT2D eigenvalue weighted by Gasteiger charge is 2.09. The summed E-state index contributed by atoms with van der Waals surface area (Å²) < 4.78 is 16.0. The smallest absolute Gasteiger partial charge is 0.228 e. The number of ether oxygens (including phenoxy) is 3. The molecule has 0 fully saturated rings. The molecule has 0 bridgehead atoms. The summed E-state index contributed by atoms with van der Waals surface area (Å²) >= 11 is 0.